The zero-order valence-corrected chi connectivity index (χ0v) is 7.72. The van der Waals surface area contributed by atoms with E-state index in [1.54, 1.807) is 22.6 Å². The molecular weight excluding hydrogens is 286 g/mol. The van der Waals surface area contributed by atoms with Gasteiger partial charge in [0.1, 0.15) is 15.0 Å². The van der Waals surface area contributed by atoms with Crippen molar-refractivity contribution in [2.24, 2.45) is 0 Å². The van der Waals surface area contributed by atoms with E-state index in [9.17, 15) is 13.2 Å². The van der Waals surface area contributed by atoms with Gasteiger partial charge in [0, 0.05) is 0 Å². The molecule has 1 aromatic rings. The number of hydrogen-bond donors (Lipinski definition) is 1. The van der Waals surface area contributed by atoms with Crippen molar-refractivity contribution in [3.05, 3.63) is 21.5 Å². The molecule has 0 aliphatic heterocycles. The number of aromatic hydroxyl groups is 1. The predicted octanol–water partition coefficient (Wildman–Crippen LogP) is 2.41. The van der Waals surface area contributed by atoms with E-state index in [0.29, 0.717) is 0 Å². The van der Waals surface area contributed by atoms with Gasteiger partial charge in [-0.05, 0) is 28.7 Å². The van der Waals surface area contributed by atoms with Crippen molar-refractivity contribution in [2.45, 2.75) is 6.18 Å². The summed E-state index contributed by atoms with van der Waals surface area (Å²) >= 11 is 1.64. The highest BCUT2D eigenvalue weighted by Crippen LogP contribution is 2.35. The first kappa shape index (κ1) is 9.56. The molecule has 0 aromatic carbocycles. The van der Waals surface area contributed by atoms with E-state index in [-0.39, 0.29) is 3.70 Å². The molecule has 0 saturated carbocycles. The minimum atomic E-state index is -4.52. The molecule has 0 atom stereocenters. The second-order valence-electron chi connectivity index (χ2n) is 2.02. The molecule has 0 aliphatic rings. The molecule has 0 unspecified atom stereocenters. The summed E-state index contributed by atoms with van der Waals surface area (Å²) in [6.45, 7) is 0. The van der Waals surface area contributed by atoms with Crippen LogP contribution in [0.15, 0.2) is 12.3 Å². The van der Waals surface area contributed by atoms with Crippen molar-refractivity contribution in [2.75, 3.05) is 0 Å². The van der Waals surface area contributed by atoms with Gasteiger partial charge in [-0.25, -0.2) is 4.98 Å². The van der Waals surface area contributed by atoms with E-state index in [1.165, 1.54) is 0 Å². The molecular formula is C6H3F3INO. The first-order chi connectivity index (χ1) is 5.41. The number of aromatic nitrogens is 1. The highest BCUT2D eigenvalue weighted by molar-refractivity contribution is 14.1. The van der Waals surface area contributed by atoms with Crippen molar-refractivity contribution in [3.8, 4) is 5.75 Å². The van der Waals surface area contributed by atoms with Gasteiger partial charge in [-0.2, -0.15) is 13.2 Å². The fourth-order valence-corrected chi connectivity index (χ4v) is 1.10. The van der Waals surface area contributed by atoms with Gasteiger partial charge < -0.3 is 5.11 Å². The molecule has 0 amide bonds. The molecule has 6 heteroatoms. The third-order valence-electron chi connectivity index (χ3n) is 1.15. The van der Waals surface area contributed by atoms with Crippen LogP contribution in [-0.2, 0) is 6.18 Å². The van der Waals surface area contributed by atoms with Gasteiger partial charge in [0.25, 0.3) is 0 Å². The largest absolute Gasteiger partial charge is 0.506 e. The lowest BCUT2D eigenvalue weighted by Crippen LogP contribution is -2.06. The number of hydrogen-bond acceptors (Lipinski definition) is 2. The third kappa shape index (κ3) is 1.99. The number of pyridine rings is 1. The number of rotatable bonds is 0. The van der Waals surface area contributed by atoms with Crippen molar-refractivity contribution < 1.29 is 18.3 Å². The number of alkyl halides is 3. The second-order valence-corrected chi connectivity index (χ2v) is 3.13. The lowest BCUT2D eigenvalue weighted by atomic mass is 10.2. The topological polar surface area (TPSA) is 33.1 Å². The molecule has 2 nitrogen and oxygen atoms in total. The van der Waals surface area contributed by atoms with E-state index >= 15 is 0 Å². The zero-order valence-electron chi connectivity index (χ0n) is 5.56. The van der Waals surface area contributed by atoms with Crippen LogP contribution in [0.25, 0.3) is 0 Å². The molecule has 12 heavy (non-hydrogen) atoms. The van der Waals surface area contributed by atoms with Crippen molar-refractivity contribution in [1.29, 1.82) is 0 Å². The molecule has 0 aliphatic carbocycles. The maximum atomic E-state index is 12.0. The van der Waals surface area contributed by atoms with Crippen LogP contribution in [-0.4, -0.2) is 10.1 Å². The molecule has 0 radical (unpaired) electrons. The molecule has 0 fully saturated rings. The summed E-state index contributed by atoms with van der Waals surface area (Å²) in [5, 5.41) is 8.78. The average molecular weight is 289 g/mol. The summed E-state index contributed by atoms with van der Waals surface area (Å²) in [7, 11) is 0. The minimum Gasteiger partial charge on any atom is -0.506 e. The van der Waals surface area contributed by atoms with Crippen LogP contribution in [0.3, 0.4) is 0 Å². The van der Waals surface area contributed by atoms with Crippen LogP contribution in [0.4, 0.5) is 13.2 Å². The quantitative estimate of drug-likeness (QED) is 0.587. The Morgan fingerprint density at radius 3 is 2.42 bits per heavy atom. The maximum absolute atomic E-state index is 12.0. The highest BCUT2D eigenvalue weighted by Gasteiger charge is 2.34. The first-order valence-electron chi connectivity index (χ1n) is 2.83. The maximum Gasteiger partial charge on any atom is 0.420 e. The molecule has 1 rings (SSSR count). The summed E-state index contributed by atoms with van der Waals surface area (Å²) in [5.74, 6) is -0.845. The lowest BCUT2D eigenvalue weighted by molar-refractivity contribution is -0.138. The van der Waals surface area contributed by atoms with E-state index in [0.717, 1.165) is 12.3 Å². The van der Waals surface area contributed by atoms with Gasteiger partial charge in [0.2, 0.25) is 0 Å². The number of halogens is 4. The SMILES string of the molecule is Oc1cnc(I)cc1C(F)(F)F. The van der Waals surface area contributed by atoms with Crippen molar-refractivity contribution in [1.82, 2.24) is 4.98 Å². The Labute approximate surface area is 79.6 Å². The summed E-state index contributed by atoms with van der Waals surface area (Å²) < 4.78 is 36.3. The summed E-state index contributed by atoms with van der Waals surface area (Å²) in [6, 6.07) is 0.788. The zero-order chi connectivity index (χ0) is 9.35. The van der Waals surface area contributed by atoms with Gasteiger partial charge in [-0.1, -0.05) is 0 Å². The molecule has 1 heterocycles. The highest BCUT2D eigenvalue weighted by atomic mass is 127. The second kappa shape index (κ2) is 3.08. The van der Waals surface area contributed by atoms with Crippen LogP contribution in [0, 0.1) is 3.70 Å². The molecule has 1 aromatic heterocycles. The van der Waals surface area contributed by atoms with Gasteiger partial charge in [-0.3, -0.25) is 0 Å². The summed E-state index contributed by atoms with van der Waals surface area (Å²) in [4.78, 5) is 3.49. The van der Waals surface area contributed by atoms with Gasteiger partial charge in [0.05, 0.1) is 6.20 Å². The number of nitrogens with zero attached hydrogens (tertiary/aromatic N) is 1. The van der Waals surface area contributed by atoms with E-state index in [4.69, 9.17) is 5.11 Å². The van der Waals surface area contributed by atoms with Gasteiger partial charge >= 0.3 is 6.18 Å². The van der Waals surface area contributed by atoms with E-state index < -0.39 is 17.5 Å². The van der Waals surface area contributed by atoms with Crippen LogP contribution in [0.1, 0.15) is 5.56 Å². The van der Waals surface area contributed by atoms with Crippen LogP contribution in [0.5, 0.6) is 5.75 Å². The molecule has 1 N–H and O–H groups in total. The van der Waals surface area contributed by atoms with Crippen LogP contribution >= 0.6 is 22.6 Å². The minimum absolute atomic E-state index is 0.192. The van der Waals surface area contributed by atoms with Crippen LogP contribution < -0.4 is 0 Å². The molecule has 66 valence electrons. The Morgan fingerprint density at radius 1 is 1.42 bits per heavy atom. The fraction of sp³-hybridized carbons (Fsp3) is 0.167. The molecule has 0 spiro atoms. The summed E-state index contributed by atoms with van der Waals surface area (Å²) in [6.07, 6.45) is -3.74. The summed E-state index contributed by atoms with van der Waals surface area (Å²) in [5.41, 5.74) is -1.05. The Balaban J connectivity index is 3.23. The predicted molar refractivity (Wildman–Crippen MR) is 43.6 cm³/mol. The van der Waals surface area contributed by atoms with E-state index in [1.807, 2.05) is 0 Å². The Hall–Kier alpha value is -0.530. The monoisotopic (exact) mass is 289 g/mol. The Morgan fingerprint density at radius 2 is 2.00 bits per heavy atom. The Bertz CT molecular complexity index is 299. The normalized spacial score (nSPS) is 11.7. The van der Waals surface area contributed by atoms with Gasteiger partial charge in [0.15, 0.2) is 0 Å². The fourth-order valence-electron chi connectivity index (χ4n) is 0.650. The van der Waals surface area contributed by atoms with Gasteiger partial charge in [-0.15, -0.1) is 0 Å². The first-order valence-corrected chi connectivity index (χ1v) is 3.91. The van der Waals surface area contributed by atoms with E-state index in [2.05, 4.69) is 4.98 Å². The smallest absolute Gasteiger partial charge is 0.420 e. The standard InChI is InChI=1S/C6H3F3INO/c7-6(8,9)3-1-5(10)11-2-4(3)12/h1-2,12H. The molecule has 0 saturated heterocycles. The lowest BCUT2D eigenvalue weighted by Gasteiger charge is -2.07. The molecule has 0 bridgehead atoms. The van der Waals surface area contributed by atoms with Crippen LogP contribution in [0.2, 0.25) is 0 Å². The third-order valence-corrected chi connectivity index (χ3v) is 1.74. The van der Waals surface area contributed by atoms with Crippen molar-refractivity contribution >= 4 is 22.6 Å². The van der Waals surface area contributed by atoms with Crippen molar-refractivity contribution in [3.63, 3.8) is 0 Å². The Kier molecular flexibility index (Phi) is 2.45. The average Bonchev–Trinajstić information content (AvgIpc) is 1.92.